The highest BCUT2D eigenvalue weighted by molar-refractivity contribution is 5.90. The summed E-state index contributed by atoms with van der Waals surface area (Å²) >= 11 is 0. The quantitative estimate of drug-likeness (QED) is 0.881. The number of nitrogens with one attached hydrogen (secondary N) is 1. The molecule has 5 nitrogen and oxygen atoms in total. The molecule has 0 spiro atoms. The SMILES string of the molecule is Cc1ccc(-c2noc(C(=O)NC3CCCCCC3)n2)cc1. The summed E-state index contributed by atoms with van der Waals surface area (Å²) in [5.74, 6) is 0.226. The lowest BCUT2D eigenvalue weighted by Crippen LogP contribution is -2.34. The molecule has 1 aliphatic carbocycles. The maximum absolute atomic E-state index is 12.2. The van der Waals surface area contributed by atoms with Crippen molar-refractivity contribution in [3.8, 4) is 11.4 Å². The van der Waals surface area contributed by atoms with Crippen molar-refractivity contribution >= 4 is 5.91 Å². The molecule has 0 aliphatic heterocycles. The number of rotatable bonds is 3. The van der Waals surface area contributed by atoms with Gasteiger partial charge in [-0.15, -0.1) is 0 Å². The van der Waals surface area contributed by atoms with Crippen LogP contribution in [0.4, 0.5) is 0 Å². The minimum atomic E-state index is -0.266. The Bertz CT molecular complexity index is 626. The second-order valence-electron chi connectivity index (χ2n) is 5.95. The van der Waals surface area contributed by atoms with Crippen LogP contribution >= 0.6 is 0 Å². The van der Waals surface area contributed by atoms with Crippen molar-refractivity contribution in [2.75, 3.05) is 0 Å². The van der Waals surface area contributed by atoms with E-state index < -0.39 is 0 Å². The summed E-state index contributed by atoms with van der Waals surface area (Å²) in [6, 6.07) is 8.04. The number of aryl methyl sites for hydroxylation is 1. The summed E-state index contributed by atoms with van der Waals surface area (Å²) in [5.41, 5.74) is 2.02. The van der Waals surface area contributed by atoms with Crippen LogP contribution in [0.2, 0.25) is 0 Å². The summed E-state index contributed by atoms with van der Waals surface area (Å²) in [6.45, 7) is 2.02. The minimum absolute atomic E-state index is 0.0415. The Morgan fingerprint density at radius 1 is 1.14 bits per heavy atom. The first-order valence-electron chi connectivity index (χ1n) is 7.94. The molecule has 1 aliphatic rings. The number of benzene rings is 1. The molecule has 1 N–H and O–H groups in total. The van der Waals surface area contributed by atoms with Gasteiger partial charge in [-0.25, -0.2) is 0 Å². The van der Waals surface area contributed by atoms with Gasteiger partial charge in [0.05, 0.1) is 0 Å². The van der Waals surface area contributed by atoms with Crippen LogP contribution in [0.3, 0.4) is 0 Å². The Labute approximate surface area is 130 Å². The average Bonchev–Trinajstić information content (AvgIpc) is 2.88. The number of hydrogen-bond donors (Lipinski definition) is 1. The topological polar surface area (TPSA) is 68.0 Å². The number of carbonyl (C=O) groups excluding carboxylic acids is 1. The normalized spacial score (nSPS) is 16.2. The van der Waals surface area contributed by atoms with Crippen LogP contribution in [0.1, 0.15) is 54.8 Å². The number of nitrogens with zero attached hydrogens (tertiary/aromatic N) is 2. The Morgan fingerprint density at radius 3 is 2.50 bits per heavy atom. The summed E-state index contributed by atoms with van der Waals surface area (Å²) in [7, 11) is 0. The fourth-order valence-corrected chi connectivity index (χ4v) is 2.81. The van der Waals surface area contributed by atoms with E-state index in [1.54, 1.807) is 0 Å². The first kappa shape index (κ1) is 14.8. The Morgan fingerprint density at radius 2 is 1.82 bits per heavy atom. The molecule has 0 bridgehead atoms. The molecule has 0 saturated heterocycles. The molecule has 2 aromatic rings. The fraction of sp³-hybridized carbons (Fsp3) is 0.471. The molecule has 1 saturated carbocycles. The first-order valence-corrected chi connectivity index (χ1v) is 7.94. The van der Waals surface area contributed by atoms with Gasteiger partial charge in [0.15, 0.2) is 0 Å². The molecule has 0 unspecified atom stereocenters. The van der Waals surface area contributed by atoms with E-state index in [1.165, 1.54) is 31.2 Å². The van der Waals surface area contributed by atoms with Crippen LogP contribution in [0.25, 0.3) is 11.4 Å². The van der Waals surface area contributed by atoms with Crippen molar-refractivity contribution in [2.45, 2.75) is 51.5 Å². The third kappa shape index (κ3) is 3.53. The van der Waals surface area contributed by atoms with E-state index in [0.717, 1.165) is 18.4 Å². The van der Waals surface area contributed by atoms with Gasteiger partial charge in [-0.2, -0.15) is 4.98 Å². The molecule has 1 amide bonds. The van der Waals surface area contributed by atoms with Crippen LogP contribution in [0, 0.1) is 6.92 Å². The summed E-state index contributed by atoms with van der Waals surface area (Å²) in [4.78, 5) is 16.4. The van der Waals surface area contributed by atoms with Gasteiger partial charge in [-0.05, 0) is 19.8 Å². The van der Waals surface area contributed by atoms with Gasteiger partial charge >= 0.3 is 11.8 Å². The zero-order valence-corrected chi connectivity index (χ0v) is 12.8. The Kier molecular flexibility index (Phi) is 4.51. The van der Waals surface area contributed by atoms with Gasteiger partial charge < -0.3 is 9.84 Å². The minimum Gasteiger partial charge on any atom is -0.345 e. The van der Waals surface area contributed by atoms with Crippen LogP contribution in [-0.4, -0.2) is 22.1 Å². The number of aromatic nitrogens is 2. The number of hydrogen-bond acceptors (Lipinski definition) is 4. The highest BCUT2D eigenvalue weighted by Crippen LogP contribution is 2.19. The van der Waals surface area contributed by atoms with Crippen LogP contribution < -0.4 is 5.32 Å². The predicted molar refractivity (Wildman–Crippen MR) is 83.4 cm³/mol. The summed E-state index contributed by atoms with van der Waals surface area (Å²) < 4.78 is 5.11. The van der Waals surface area contributed by atoms with E-state index in [9.17, 15) is 4.79 Å². The van der Waals surface area contributed by atoms with Crippen LogP contribution in [0.15, 0.2) is 28.8 Å². The molecular formula is C17H21N3O2. The van der Waals surface area contributed by atoms with Crippen molar-refractivity contribution in [3.63, 3.8) is 0 Å². The lowest BCUT2D eigenvalue weighted by atomic mass is 10.1. The third-order valence-electron chi connectivity index (χ3n) is 4.12. The lowest BCUT2D eigenvalue weighted by molar-refractivity contribution is 0.0889. The molecule has 5 heteroatoms. The van der Waals surface area contributed by atoms with E-state index in [2.05, 4.69) is 15.5 Å². The maximum atomic E-state index is 12.2. The zero-order valence-electron chi connectivity index (χ0n) is 12.8. The van der Waals surface area contributed by atoms with Gasteiger partial charge in [0, 0.05) is 11.6 Å². The molecule has 22 heavy (non-hydrogen) atoms. The summed E-state index contributed by atoms with van der Waals surface area (Å²) in [5, 5.41) is 6.92. The van der Waals surface area contributed by atoms with Crippen LogP contribution in [-0.2, 0) is 0 Å². The monoisotopic (exact) mass is 299 g/mol. The van der Waals surface area contributed by atoms with E-state index >= 15 is 0 Å². The van der Waals surface area contributed by atoms with Crippen molar-refractivity contribution in [1.82, 2.24) is 15.5 Å². The smallest absolute Gasteiger partial charge is 0.316 e. The third-order valence-corrected chi connectivity index (χ3v) is 4.12. The molecule has 116 valence electrons. The molecule has 1 heterocycles. The van der Waals surface area contributed by atoms with Crippen molar-refractivity contribution < 1.29 is 9.32 Å². The van der Waals surface area contributed by atoms with Gasteiger partial charge in [0.1, 0.15) is 0 Å². The Balaban J connectivity index is 1.67. The fourth-order valence-electron chi connectivity index (χ4n) is 2.81. The van der Waals surface area contributed by atoms with Gasteiger partial charge in [0.2, 0.25) is 5.82 Å². The second kappa shape index (κ2) is 6.73. The van der Waals surface area contributed by atoms with E-state index in [0.29, 0.717) is 5.82 Å². The molecule has 0 radical (unpaired) electrons. The molecule has 1 aromatic heterocycles. The molecular weight excluding hydrogens is 278 g/mol. The molecule has 1 aromatic carbocycles. The molecule has 3 rings (SSSR count). The zero-order chi connectivity index (χ0) is 15.4. The number of carbonyl (C=O) groups is 1. The van der Waals surface area contributed by atoms with E-state index in [-0.39, 0.29) is 17.8 Å². The predicted octanol–water partition coefficient (Wildman–Crippen LogP) is 3.50. The highest BCUT2D eigenvalue weighted by atomic mass is 16.5. The molecule has 0 atom stereocenters. The standard InChI is InChI=1S/C17H21N3O2/c1-12-8-10-13(11-9-12)15-19-17(22-20-15)16(21)18-14-6-4-2-3-5-7-14/h8-11,14H,2-7H2,1H3,(H,18,21). The van der Waals surface area contributed by atoms with E-state index in [4.69, 9.17) is 4.52 Å². The largest absolute Gasteiger partial charge is 0.345 e. The van der Waals surface area contributed by atoms with Gasteiger partial charge in [-0.1, -0.05) is 60.7 Å². The highest BCUT2D eigenvalue weighted by Gasteiger charge is 2.20. The summed E-state index contributed by atoms with van der Waals surface area (Å²) in [6.07, 6.45) is 6.91. The second-order valence-corrected chi connectivity index (χ2v) is 5.95. The van der Waals surface area contributed by atoms with Gasteiger partial charge in [0.25, 0.3) is 0 Å². The van der Waals surface area contributed by atoms with Crippen molar-refractivity contribution in [2.24, 2.45) is 0 Å². The Hall–Kier alpha value is -2.17. The lowest BCUT2D eigenvalue weighted by Gasteiger charge is -2.14. The first-order chi connectivity index (χ1) is 10.7. The molecule has 1 fully saturated rings. The van der Waals surface area contributed by atoms with Crippen molar-refractivity contribution in [3.05, 3.63) is 35.7 Å². The average molecular weight is 299 g/mol. The van der Waals surface area contributed by atoms with Crippen molar-refractivity contribution in [1.29, 1.82) is 0 Å². The van der Waals surface area contributed by atoms with Crippen LogP contribution in [0.5, 0.6) is 0 Å². The number of amides is 1. The van der Waals surface area contributed by atoms with Gasteiger partial charge in [-0.3, -0.25) is 4.79 Å². The maximum Gasteiger partial charge on any atom is 0.316 e. The van der Waals surface area contributed by atoms with E-state index in [1.807, 2.05) is 31.2 Å².